The van der Waals surface area contributed by atoms with Crippen molar-refractivity contribution in [3.05, 3.63) is 89.5 Å². The van der Waals surface area contributed by atoms with Crippen molar-refractivity contribution in [2.45, 2.75) is 41.4 Å². The highest BCUT2D eigenvalue weighted by molar-refractivity contribution is 7.91. The lowest BCUT2D eigenvalue weighted by molar-refractivity contribution is 0.312. The smallest absolute Gasteiger partial charge is 0.266 e. The lowest BCUT2D eigenvalue weighted by Crippen LogP contribution is -2.08. The zero-order chi connectivity index (χ0) is 21.8. The van der Waals surface area contributed by atoms with Crippen LogP contribution in [0.5, 0.6) is 0 Å². The molecular formula is C23H24O5S2. The summed E-state index contributed by atoms with van der Waals surface area (Å²) in [4.78, 5) is 0.627. The SMILES string of the molecule is Cc1ccc(S(=O)(=O)OCCCc2ccc(S(=O)(=O)c3ccc(C)cc3)cc2)cc1. The molecule has 0 unspecified atom stereocenters. The Hall–Kier alpha value is -2.48. The Morgan fingerprint density at radius 3 is 1.57 bits per heavy atom. The van der Waals surface area contributed by atoms with Crippen molar-refractivity contribution in [3.8, 4) is 0 Å². The van der Waals surface area contributed by atoms with Crippen LogP contribution >= 0.6 is 0 Å². The number of rotatable bonds is 8. The van der Waals surface area contributed by atoms with E-state index in [0.29, 0.717) is 12.8 Å². The van der Waals surface area contributed by atoms with Crippen LogP contribution in [0.3, 0.4) is 0 Å². The van der Waals surface area contributed by atoms with Crippen molar-refractivity contribution in [1.29, 1.82) is 0 Å². The quantitative estimate of drug-likeness (QED) is 0.378. The van der Waals surface area contributed by atoms with Crippen molar-refractivity contribution < 1.29 is 21.0 Å². The van der Waals surface area contributed by atoms with Gasteiger partial charge in [0.25, 0.3) is 10.1 Å². The third-order valence-electron chi connectivity index (χ3n) is 4.72. The molecule has 5 nitrogen and oxygen atoms in total. The predicted molar refractivity (Wildman–Crippen MR) is 116 cm³/mol. The lowest BCUT2D eigenvalue weighted by Gasteiger charge is -2.08. The molecule has 0 aliphatic rings. The van der Waals surface area contributed by atoms with E-state index in [0.717, 1.165) is 16.7 Å². The van der Waals surface area contributed by atoms with Crippen LogP contribution in [0.4, 0.5) is 0 Å². The van der Waals surface area contributed by atoms with Crippen LogP contribution in [0, 0.1) is 13.8 Å². The summed E-state index contributed by atoms with van der Waals surface area (Å²) in [6.45, 7) is 3.84. The Kier molecular flexibility index (Phi) is 6.75. The van der Waals surface area contributed by atoms with E-state index in [1.165, 1.54) is 12.1 Å². The fourth-order valence-electron chi connectivity index (χ4n) is 2.91. The monoisotopic (exact) mass is 444 g/mol. The van der Waals surface area contributed by atoms with Gasteiger partial charge in [0, 0.05) is 0 Å². The molecule has 3 aromatic carbocycles. The first-order chi connectivity index (χ1) is 14.2. The maximum Gasteiger partial charge on any atom is 0.296 e. The standard InChI is InChI=1S/C23H24O5S2/c1-18-5-11-21(12-6-18)29(24,25)22-15-9-20(10-16-22)4-3-17-28-30(26,27)23-13-7-19(2)8-14-23/h5-16H,3-4,17H2,1-2H3. The molecule has 0 aliphatic carbocycles. The van der Waals surface area contributed by atoms with E-state index in [9.17, 15) is 16.8 Å². The van der Waals surface area contributed by atoms with Gasteiger partial charge < -0.3 is 0 Å². The van der Waals surface area contributed by atoms with Crippen molar-refractivity contribution in [2.24, 2.45) is 0 Å². The molecule has 3 rings (SSSR count). The Morgan fingerprint density at radius 1 is 0.633 bits per heavy atom. The van der Waals surface area contributed by atoms with Crippen molar-refractivity contribution >= 4 is 20.0 Å². The molecule has 0 fully saturated rings. The zero-order valence-corrected chi connectivity index (χ0v) is 18.5. The maximum atomic E-state index is 12.7. The van der Waals surface area contributed by atoms with Crippen molar-refractivity contribution in [1.82, 2.24) is 0 Å². The molecule has 0 saturated heterocycles. The Bertz CT molecular complexity index is 1190. The van der Waals surface area contributed by atoms with Gasteiger partial charge in [-0.25, -0.2) is 8.42 Å². The van der Waals surface area contributed by atoms with Gasteiger partial charge in [-0.15, -0.1) is 0 Å². The summed E-state index contributed by atoms with van der Waals surface area (Å²) in [7, 11) is -7.33. The van der Waals surface area contributed by atoms with Gasteiger partial charge in [-0.1, -0.05) is 47.5 Å². The Morgan fingerprint density at radius 2 is 1.07 bits per heavy atom. The highest BCUT2D eigenvalue weighted by Gasteiger charge is 2.17. The Labute approximate surface area is 178 Å². The molecule has 0 N–H and O–H groups in total. The number of hydrogen-bond donors (Lipinski definition) is 0. The average molecular weight is 445 g/mol. The summed E-state index contributed by atoms with van der Waals surface area (Å²) in [6.07, 6.45) is 1.07. The van der Waals surface area contributed by atoms with Gasteiger partial charge in [0.05, 0.1) is 21.3 Å². The van der Waals surface area contributed by atoms with Crippen LogP contribution in [0.2, 0.25) is 0 Å². The maximum absolute atomic E-state index is 12.7. The molecule has 158 valence electrons. The largest absolute Gasteiger partial charge is 0.296 e. The van der Waals surface area contributed by atoms with Crippen LogP contribution in [-0.4, -0.2) is 23.4 Å². The number of aryl methyl sites for hydroxylation is 3. The molecule has 0 atom stereocenters. The van der Waals surface area contributed by atoms with Gasteiger partial charge >= 0.3 is 0 Å². The molecule has 0 amide bonds. The van der Waals surface area contributed by atoms with Gasteiger partial charge in [0.15, 0.2) is 0 Å². The minimum atomic E-state index is -3.77. The van der Waals surface area contributed by atoms with Crippen LogP contribution < -0.4 is 0 Å². The summed E-state index contributed by atoms with van der Waals surface area (Å²) >= 11 is 0. The fraction of sp³-hybridized carbons (Fsp3) is 0.217. The van der Waals surface area contributed by atoms with E-state index in [4.69, 9.17) is 4.18 Å². The number of hydrogen-bond acceptors (Lipinski definition) is 5. The predicted octanol–water partition coefficient (Wildman–Crippen LogP) is 4.47. The van der Waals surface area contributed by atoms with E-state index in [1.54, 1.807) is 60.7 Å². The summed E-state index contributed by atoms with van der Waals surface area (Å²) in [5.74, 6) is 0. The first-order valence-corrected chi connectivity index (χ1v) is 12.4. The summed E-state index contributed by atoms with van der Waals surface area (Å²) < 4.78 is 54.8. The van der Waals surface area contributed by atoms with Crippen LogP contribution in [0.25, 0.3) is 0 Å². The van der Waals surface area contributed by atoms with Gasteiger partial charge in [-0.3, -0.25) is 4.18 Å². The van der Waals surface area contributed by atoms with E-state index in [1.807, 2.05) is 13.8 Å². The van der Waals surface area contributed by atoms with Gasteiger partial charge in [0.1, 0.15) is 0 Å². The van der Waals surface area contributed by atoms with Gasteiger partial charge in [0.2, 0.25) is 9.84 Å². The van der Waals surface area contributed by atoms with Crippen LogP contribution in [0.1, 0.15) is 23.1 Å². The van der Waals surface area contributed by atoms with Crippen LogP contribution in [-0.2, 0) is 30.6 Å². The molecule has 0 aromatic heterocycles. The molecule has 0 heterocycles. The molecule has 0 aliphatic heterocycles. The molecule has 7 heteroatoms. The first kappa shape index (κ1) is 22.2. The second-order valence-electron chi connectivity index (χ2n) is 7.15. The molecule has 0 spiro atoms. The van der Waals surface area contributed by atoms with E-state index in [2.05, 4.69) is 0 Å². The normalized spacial score (nSPS) is 12.1. The molecule has 0 bridgehead atoms. The Balaban J connectivity index is 1.57. The minimum absolute atomic E-state index is 0.0552. The zero-order valence-electron chi connectivity index (χ0n) is 16.9. The third-order valence-corrected chi connectivity index (χ3v) is 7.83. The first-order valence-electron chi connectivity index (χ1n) is 9.55. The van der Waals surface area contributed by atoms with Gasteiger partial charge in [-0.05, 0) is 68.7 Å². The average Bonchev–Trinajstić information content (AvgIpc) is 2.72. The molecule has 30 heavy (non-hydrogen) atoms. The highest BCUT2D eigenvalue weighted by atomic mass is 32.2. The summed E-state index contributed by atoms with van der Waals surface area (Å²) in [5, 5.41) is 0. The minimum Gasteiger partial charge on any atom is -0.266 e. The number of sulfone groups is 1. The molecule has 0 saturated carbocycles. The molecular weight excluding hydrogens is 420 g/mol. The van der Waals surface area contributed by atoms with Crippen molar-refractivity contribution in [2.75, 3.05) is 6.61 Å². The lowest BCUT2D eigenvalue weighted by atomic mass is 10.1. The summed E-state index contributed by atoms with van der Waals surface area (Å²) in [5.41, 5.74) is 2.88. The van der Waals surface area contributed by atoms with E-state index >= 15 is 0 Å². The van der Waals surface area contributed by atoms with Gasteiger partial charge in [-0.2, -0.15) is 8.42 Å². The highest BCUT2D eigenvalue weighted by Crippen LogP contribution is 2.22. The van der Waals surface area contributed by atoms with Crippen molar-refractivity contribution in [3.63, 3.8) is 0 Å². The third kappa shape index (κ3) is 5.36. The second kappa shape index (κ2) is 9.12. The second-order valence-corrected chi connectivity index (χ2v) is 10.7. The number of benzene rings is 3. The fourth-order valence-corrected chi connectivity index (χ4v) is 5.11. The summed E-state index contributed by atoms with van der Waals surface area (Å²) in [6, 6.07) is 19.9. The topological polar surface area (TPSA) is 77.5 Å². The molecule has 0 radical (unpaired) electrons. The van der Waals surface area contributed by atoms with E-state index in [-0.39, 0.29) is 21.3 Å². The van der Waals surface area contributed by atoms with Crippen LogP contribution in [0.15, 0.2) is 87.5 Å². The molecule has 3 aromatic rings. The van der Waals surface area contributed by atoms with E-state index < -0.39 is 20.0 Å².